The summed E-state index contributed by atoms with van der Waals surface area (Å²) >= 11 is 0. The van der Waals surface area contributed by atoms with E-state index in [1.54, 1.807) is 55.5 Å². The Labute approximate surface area is 152 Å². The number of hydrogen-bond acceptors (Lipinski definition) is 2. The molecule has 0 saturated heterocycles. The number of methoxy groups -OCH3 is 1. The third-order valence-corrected chi connectivity index (χ3v) is 4.33. The first-order valence-electron chi connectivity index (χ1n) is 8.32. The van der Waals surface area contributed by atoms with Gasteiger partial charge in [0.15, 0.2) is 0 Å². The molecule has 1 atom stereocenters. The number of amides is 1. The van der Waals surface area contributed by atoms with Gasteiger partial charge in [-0.15, -0.1) is 0 Å². The molecular formula is C22H20FNO2. The molecule has 0 N–H and O–H groups in total. The van der Waals surface area contributed by atoms with E-state index in [1.807, 2.05) is 30.3 Å². The Morgan fingerprint density at radius 1 is 0.923 bits per heavy atom. The maximum absolute atomic E-state index is 13.4. The van der Waals surface area contributed by atoms with Crippen LogP contribution in [0.1, 0.15) is 27.5 Å². The van der Waals surface area contributed by atoms with Crippen molar-refractivity contribution < 1.29 is 13.9 Å². The molecule has 0 saturated carbocycles. The maximum atomic E-state index is 13.4. The van der Waals surface area contributed by atoms with Crippen molar-refractivity contribution in [3.63, 3.8) is 0 Å². The van der Waals surface area contributed by atoms with E-state index in [0.717, 1.165) is 11.1 Å². The number of rotatable bonds is 5. The van der Waals surface area contributed by atoms with Crippen LogP contribution in [0.4, 0.5) is 4.39 Å². The number of carbonyl (C=O) groups excluding carboxylic acids is 1. The van der Waals surface area contributed by atoms with Crippen LogP contribution in [0.5, 0.6) is 5.75 Å². The van der Waals surface area contributed by atoms with Gasteiger partial charge in [0.25, 0.3) is 5.91 Å². The van der Waals surface area contributed by atoms with Crippen LogP contribution in [0.25, 0.3) is 0 Å². The van der Waals surface area contributed by atoms with Crippen LogP contribution in [0.2, 0.25) is 0 Å². The lowest BCUT2D eigenvalue weighted by Gasteiger charge is -2.29. The zero-order chi connectivity index (χ0) is 18.5. The molecule has 1 unspecified atom stereocenters. The zero-order valence-corrected chi connectivity index (χ0v) is 14.7. The predicted octanol–water partition coefficient (Wildman–Crippen LogP) is 4.70. The molecule has 0 radical (unpaired) electrons. The van der Waals surface area contributed by atoms with Crippen molar-refractivity contribution in [1.82, 2.24) is 4.90 Å². The Bertz CT molecular complexity index is 878. The van der Waals surface area contributed by atoms with E-state index in [2.05, 4.69) is 0 Å². The fourth-order valence-corrected chi connectivity index (χ4v) is 3.00. The van der Waals surface area contributed by atoms with Crippen LogP contribution in [0, 0.1) is 5.82 Å². The molecule has 4 heteroatoms. The molecule has 0 spiro atoms. The Balaban J connectivity index is 2.00. The third-order valence-electron chi connectivity index (χ3n) is 4.33. The number of ether oxygens (including phenoxy) is 1. The quantitative estimate of drug-likeness (QED) is 0.668. The minimum atomic E-state index is -0.324. The van der Waals surface area contributed by atoms with Crippen LogP contribution < -0.4 is 4.74 Å². The normalized spacial score (nSPS) is 11.7. The van der Waals surface area contributed by atoms with E-state index in [1.165, 1.54) is 12.1 Å². The number of carbonyl (C=O) groups is 1. The Morgan fingerprint density at radius 2 is 1.58 bits per heavy atom. The minimum Gasteiger partial charge on any atom is -0.497 e. The van der Waals surface area contributed by atoms with E-state index in [-0.39, 0.29) is 17.8 Å². The minimum absolute atomic E-state index is 0.137. The smallest absolute Gasteiger partial charge is 0.254 e. The molecule has 1 amide bonds. The Kier molecular flexibility index (Phi) is 5.32. The van der Waals surface area contributed by atoms with Crippen molar-refractivity contribution in [2.75, 3.05) is 14.2 Å². The summed E-state index contributed by atoms with van der Waals surface area (Å²) in [7, 11) is 3.32. The molecule has 132 valence electrons. The molecule has 0 aromatic heterocycles. The van der Waals surface area contributed by atoms with Gasteiger partial charge in [-0.3, -0.25) is 4.79 Å². The molecule has 0 heterocycles. The van der Waals surface area contributed by atoms with Gasteiger partial charge in [-0.05, 0) is 41.5 Å². The highest BCUT2D eigenvalue weighted by molar-refractivity contribution is 5.95. The van der Waals surface area contributed by atoms with Gasteiger partial charge in [0, 0.05) is 12.6 Å². The van der Waals surface area contributed by atoms with Gasteiger partial charge in [0.1, 0.15) is 11.6 Å². The van der Waals surface area contributed by atoms with Gasteiger partial charge in [-0.25, -0.2) is 4.39 Å². The molecule has 3 aromatic rings. The SMILES string of the molecule is COc1cccc(C(=O)N(C)C(c2ccccc2)c2ccc(F)cc2)c1. The second-order valence-electron chi connectivity index (χ2n) is 6.01. The van der Waals surface area contributed by atoms with Crippen LogP contribution in [-0.2, 0) is 0 Å². The Morgan fingerprint density at radius 3 is 2.23 bits per heavy atom. The second kappa shape index (κ2) is 7.83. The predicted molar refractivity (Wildman–Crippen MR) is 99.8 cm³/mol. The summed E-state index contributed by atoms with van der Waals surface area (Å²) in [6, 6.07) is 22.7. The lowest BCUT2D eigenvalue weighted by molar-refractivity contribution is 0.0754. The van der Waals surface area contributed by atoms with Crippen molar-refractivity contribution in [2.45, 2.75) is 6.04 Å². The van der Waals surface area contributed by atoms with E-state index in [4.69, 9.17) is 4.74 Å². The first-order chi connectivity index (χ1) is 12.6. The molecule has 0 aliphatic carbocycles. The fourth-order valence-electron chi connectivity index (χ4n) is 3.00. The lowest BCUT2D eigenvalue weighted by Crippen LogP contribution is -2.32. The van der Waals surface area contributed by atoms with Crippen LogP contribution in [0.15, 0.2) is 78.9 Å². The van der Waals surface area contributed by atoms with Crippen LogP contribution in [0.3, 0.4) is 0 Å². The molecule has 0 fully saturated rings. The highest BCUT2D eigenvalue weighted by Crippen LogP contribution is 2.29. The molecule has 0 aliphatic heterocycles. The molecular weight excluding hydrogens is 329 g/mol. The summed E-state index contributed by atoms with van der Waals surface area (Å²) < 4.78 is 18.6. The third kappa shape index (κ3) is 3.75. The largest absolute Gasteiger partial charge is 0.497 e. The summed E-state index contributed by atoms with van der Waals surface area (Å²) in [6.07, 6.45) is 0. The van der Waals surface area contributed by atoms with Crippen molar-refractivity contribution in [1.29, 1.82) is 0 Å². The van der Waals surface area contributed by atoms with Gasteiger partial charge in [-0.1, -0.05) is 48.5 Å². The molecule has 26 heavy (non-hydrogen) atoms. The van der Waals surface area contributed by atoms with Crippen molar-refractivity contribution in [2.24, 2.45) is 0 Å². The Hall–Kier alpha value is -3.14. The highest BCUT2D eigenvalue weighted by atomic mass is 19.1. The van der Waals surface area contributed by atoms with Gasteiger partial charge < -0.3 is 9.64 Å². The molecule has 0 bridgehead atoms. The monoisotopic (exact) mass is 349 g/mol. The van der Waals surface area contributed by atoms with Crippen molar-refractivity contribution >= 4 is 5.91 Å². The van der Waals surface area contributed by atoms with E-state index < -0.39 is 0 Å². The van der Waals surface area contributed by atoms with Crippen molar-refractivity contribution in [3.05, 3.63) is 101 Å². The highest BCUT2D eigenvalue weighted by Gasteiger charge is 2.24. The topological polar surface area (TPSA) is 29.5 Å². The van der Waals surface area contributed by atoms with Crippen LogP contribution in [-0.4, -0.2) is 25.0 Å². The molecule has 3 aromatic carbocycles. The summed E-state index contributed by atoms with van der Waals surface area (Å²) in [5.41, 5.74) is 2.34. The number of hydrogen-bond donors (Lipinski definition) is 0. The molecule has 0 aliphatic rings. The lowest BCUT2D eigenvalue weighted by atomic mass is 9.96. The molecule has 3 nitrogen and oxygen atoms in total. The summed E-state index contributed by atoms with van der Waals surface area (Å²) in [6.45, 7) is 0. The number of nitrogens with zero attached hydrogens (tertiary/aromatic N) is 1. The van der Waals surface area contributed by atoms with E-state index in [0.29, 0.717) is 11.3 Å². The summed E-state index contributed by atoms with van der Waals surface area (Å²) in [5.74, 6) is 0.187. The summed E-state index contributed by atoms with van der Waals surface area (Å²) in [4.78, 5) is 14.7. The van der Waals surface area contributed by atoms with Gasteiger partial charge in [0.2, 0.25) is 0 Å². The van der Waals surface area contributed by atoms with Gasteiger partial charge >= 0.3 is 0 Å². The van der Waals surface area contributed by atoms with Gasteiger partial charge in [-0.2, -0.15) is 0 Å². The van der Waals surface area contributed by atoms with E-state index >= 15 is 0 Å². The second-order valence-corrected chi connectivity index (χ2v) is 6.01. The van der Waals surface area contributed by atoms with Gasteiger partial charge in [0.05, 0.1) is 13.2 Å². The van der Waals surface area contributed by atoms with Crippen LogP contribution >= 0.6 is 0 Å². The molecule has 3 rings (SSSR count). The first-order valence-corrected chi connectivity index (χ1v) is 8.32. The summed E-state index contributed by atoms with van der Waals surface area (Å²) in [5, 5.41) is 0. The average Bonchev–Trinajstić information content (AvgIpc) is 2.70. The van der Waals surface area contributed by atoms with E-state index in [9.17, 15) is 9.18 Å². The fraction of sp³-hybridized carbons (Fsp3) is 0.136. The number of halogens is 1. The average molecular weight is 349 g/mol. The standard InChI is InChI=1S/C22H20FNO2/c1-24(22(25)18-9-6-10-20(15-18)26-2)21(16-7-4-3-5-8-16)17-11-13-19(23)14-12-17/h3-15,21H,1-2H3. The first kappa shape index (κ1) is 17.7. The zero-order valence-electron chi connectivity index (χ0n) is 14.7. The van der Waals surface area contributed by atoms with Crippen molar-refractivity contribution in [3.8, 4) is 5.75 Å². The number of benzene rings is 3. The maximum Gasteiger partial charge on any atom is 0.254 e.